The van der Waals surface area contributed by atoms with Crippen LogP contribution < -0.4 is 28.4 Å². The standard InChI is InChI=1S/C77H78F4O8/c1-5-9-13-17-43-84-68-39-29-54(47-64(68)78)21-23-58-27-35-60(33-25-56-31-41-70(66(80)49-56)86-45-19-15-11-7-3)72(51-58)88-76(82)74-62-37-38-63(53-62)75(74)77(83)89-73-52-59(24-22-55-30-40-69(65(79)48-55)85-44-18-14-10-6-2)28-36-61(73)34-26-57-32-42-71(67(81)50-57)87-46-20-16-12-8-4/h27-32,35-42,47-52,62-63,74-75H,5-20,43-46,53H2,1-4H3/t62-,63+,74-,75-/m1/s1. The molecule has 2 aliphatic carbocycles. The van der Waals surface area contributed by atoms with Crippen molar-refractivity contribution >= 4 is 11.9 Å². The minimum absolute atomic E-state index is 0.0370. The lowest BCUT2D eigenvalue weighted by Crippen LogP contribution is -2.37. The second-order valence-electron chi connectivity index (χ2n) is 22.5. The minimum Gasteiger partial charge on any atom is -0.491 e. The highest BCUT2D eigenvalue weighted by molar-refractivity contribution is 5.87. The first kappa shape index (κ1) is 66.1. The van der Waals surface area contributed by atoms with Gasteiger partial charge in [0.1, 0.15) is 11.5 Å². The molecule has 1 saturated carbocycles. The van der Waals surface area contributed by atoms with E-state index in [9.17, 15) is 9.59 Å². The molecule has 462 valence electrons. The SMILES string of the molecule is CCCCCCOc1ccc(C#Cc2ccc(C#Cc3ccc(OCCCCCC)c(F)c3)c(OC(=O)[C@H]3[C@H](C(=O)Oc4cc(C#Cc5ccc(OCCCCCC)c(F)c5)ccc4C#Cc4ccc(OCCCCCC)c(F)c4)[C@H]4C=C[C@@H]3C4)c2)cc1F. The molecule has 0 spiro atoms. The Labute approximate surface area is 523 Å². The molecule has 0 aromatic heterocycles. The Kier molecular flexibility index (Phi) is 25.7. The summed E-state index contributed by atoms with van der Waals surface area (Å²) in [5.74, 6) is 18.4. The molecule has 0 saturated heterocycles. The van der Waals surface area contributed by atoms with Crippen molar-refractivity contribution in [2.75, 3.05) is 26.4 Å². The van der Waals surface area contributed by atoms with E-state index in [-0.39, 0.29) is 57.5 Å². The van der Waals surface area contributed by atoms with Crippen LogP contribution >= 0.6 is 0 Å². The summed E-state index contributed by atoms with van der Waals surface area (Å²) in [7, 11) is 0. The maximum Gasteiger partial charge on any atom is 0.315 e. The van der Waals surface area contributed by atoms with Crippen molar-refractivity contribution in [1.29, 1.82) is 0 Å². The van der Waals surface area contributed by atoms with Gasteiger partial charge >= 0.3 is 11.9 Å². The molecule has 89 heavy (non-hydrogen) atoms. The molecule has 0 radical (unpaired) electrons. The van der Waals surface area contributed by atoms with Crippen molar-refractivity contribution < 1.29 is 55.6 Å². The van der Waals surface area contributed by atoms with Crippen LogP contribution in [0.2, 0.25) is 0 Å². The molecule has 6 aromatic rings. The topological polar surface area (TPSA) is 89.5 Å². The van der Waals surface area contributed by atoms with E-state index in [0.29, 0.717) is 66.2 Å². The highest BCUT2D eigenvalue weighted by Crippen LogP contribution is 2.49. The number of rotatable bonds is 28. The lowest BCUT2D eigenvalue weighted by atomic mass is 9.83. The van der Waals surface area contributed by atoms with Crippen molar-refractivity contribution in [3.05, 3.63) is 189 Å². The number of hydrogen-bond acceptors (Lipinski definition) is 8. The normalized spacial score (nSPS) is 15.1. The molecule has 0 N–H and O–H groups in total. The number of allylic oxidation sites excluding steroid dienone is 2. The van der Waals surface area contributed by atoms with Gasteiger partial charge in [0.05, 0.1) is 49.4 Å². The quantitative estimate of drug-likeness (QED) is 0.0120. The van der Waals surface area contributed by atoms with E-state index >= 15 is 17.6 Å². The van der Waals surface area contributed by atoms with Gasteiger partial charge in [0, 0.05) is 33.4 Å². The Morgan fingerprint density at radius 1 is 0.348 bits per heavy atom. The van der Waals surface area contributed by atoms with Gasteiger partial charge in [-0.15, -0.1) is 0 Å². The fourth-order valence-corrected chi connectivity index (χ4v) is 10.6. The van der Waals surface area contributed by atoms with E-state index in [1.807, 2.05) is 12.2 Å². The fourth-order valence-electron chi connectivity index (χ4n) is 10.6. The van der Waals surface area contributed by atoms with Crippen LogP contribution in [0.4, 0.5) is 17.6 Å². The molecule has 4 atom stereocenters. The van der Waals surface area contributed by atoms with Gasteiger partial charge in [-0.3, -0.25) is 9.59 Å². The minimum atomic E-state index is -1.00. The van der Waals surface area contributed by atoms with E-state index < -0.39 is 47.0 Å². The van der Waals surface area contributed by atoms with Gasteiger partial charge in [-0.25, -0.2) is 17.6 Å². The predicted molar refractivity (Wildman–Crippen MR) is 340 cm³/mol. The molecule has 2 aliphatic rings. The third kappa shape index (κ3) is 19.8. The monoisotopic (exact) mass is 1210 g/mol. The zero-order chi connectivity index (χ0) is 62.7. The summed E-state index contributed by atoms with van der Waals surface area (Å²) in [6.07, 6.45) is 20.1. The summed E-state index contributed by atoms with van der Waals surface area (Å²) < 4.78 is 96.4. The van der Waals surface area contributed by atoms with E-state index in [4.69, 9.17) is 28.4 Å². The van der Waals surface area contributed by atoms with Gasteiger partial charge in [-0.1, -0.05) is 164 Å². The van der Waals surface area contributed by atoms with Crippen molar-refractivity contribution in [1.82, 2.24) is 0 Å². The lowest BCUT2D eigenvalue weighted by molar-refractivity contribution is -0.151. The average molecular weight is 1210 g/mol. The first-order valence-electron chi connectivity index (χ1n) is 31.6. The maximum absolute atomic E-state index is 15.3. The zero-order valence-electron chi connectivity index (χ0n) is 51.5. The molecule has 8 rings (SSSR count). The summed E-state index contributed by atoms with van der Waals surface area (Å²) in [6, 6.07) is 27.7. The van der Waals surface area contributed by atoms with Crippen LogP contribution in [0, 0.1) is 94.3 Å². The fraction of sp³-hybridized carbons (Fsp3) is 0.377. The number of halogens is 4. The number of carbonyl (C=O) groups is 2. The molecule has 8 nitrogen and oxygen atoms in total. The lowest BCUT2D eigenvalue weighted by Gasteiger charge is -2.25. The Bertz CT molecular complexity index is 3450. The van der Waals surface area contributed by atoms with Gasteiger partial charge in [-0.2, -0.15) is 0 Å². The maximum atomic E-state index is 15.3. The summed E-state index contributed by atoms with van der Waals surface area (Å²) in [5, 5.41) is 0. The van der Waals surface area contributed by atoms with Crippen molar-refractivity contribution in [2.45, 2.75) is 137 Å². The largest absolute Gasteiger partial charge is 0.491 e. The molecule has 0 unspecified atom stereocenters. The Balaban J connectivity index is 1.07. The number of unbranched alkanes of at least 4 members (excludes halogenated alkanes) is 12. The van der Waals surface area contributed by atoms with Crippen molar-refractivity contribution in [3.8, 4) is 81.9 Å². The Morgan fingerprint density at radius 2 is 0.618 bits per heavy atom. The van der Waals surface area contributed by atoms with Gasteiger partial charge < -0.3 is 28.4 Å². The van der Waals surface area contributed by atoms with Crippen LogP contribution in [0.1, 0.15) is 181 Å². The van der Waals surface area contributed by atoms with Crippen LogP contribution in [0.5, 0.6) is 34.5 Å². The second kappa shape index (κ2) is 34.6. The van der Waals surface area contributed by atoms with Gasteiger partial charge in [-0.05, 0) is 153 Å². The summed E-state index contributed by atoms with van der Waals surface area (Å²) >= 11 is 0. The molecule has 1 fully saturated rings. The molecule has 12 heteroatoms. The Morgan fingerprint density at radius 3 is 0.899 bits per heavy atom. The first-order valence-corrected chi connectivity index (χ1v) is 31.6. The van der Waals surface area contributed by atoms with Crippen LogP contribution in [-0.4, -0.2) is 38.4 Å². The molecule has 0 amide bonds. The first-order chi connectivity index (χ1) is 43.4. The van der Waals surface area contributed by atoms with Crippen LogP contribution in [0.15, 0.2) is 121 Å². The zero-order valence-corrected chi connectivity index (χ0v) is 51.5. The molecule has 2 bridgehead atoms. The van der Waals surface area contributed by atoms with Crippen LogP contribution in [-0.2, 0) is 9.59 Å². The smallest absolute Gasteiger partial charge is 0.315 e. The second-order valence-corrected chi connectivity index (χ2v) is 22.5. The van der Waals surface area contributed by atoms with Crippen LogP contribution in [0.3, 0.4) is 0 Å². The summed E-state index contributed by atoms with van der Waals surface area (Å²) in [6.45, 7) is 10.1. The number of benzene rings is 6. The van der Waals surface area contributed by atoms with Crippen molar-refractivity contribution in [2.24, 2.45) is 23.7 Å². The van der Waals surface area contributed by atoms with E-state index in [1.54, 1.807) is 72.8 Å². The number of hydrogen-bond donors (Lipinski definition) is 0. The third-order valence-electron chi connectivity index (χ3n) is 15.5. The predicted octanol–water partition coefficient (Wildman–Crippen LogP) is 17.6. The van der Waals surface area contributed by atoms with E-state index in [0.717, 1.165) is 103 Å². The van der Waals surface area contributed by atoms with E-state index in [1.165, 1.54) is 36.4 Å². The third-order valence-corrected chi connectivity index (χ3v) is 15.5. The molecule has 0 heterocycles. The number of esters is 2. The summed E-state index contributed by atoms with van der Waals surface area (Å²) in [4.78, 5) is 29.6. The number of ether oxygens (including phenoxy) is 6. The highest BCUT2D eigenvalue weighted by Gasteiger charge is 2.53. The molecule has 6 aromatic carbocycles. The molecule has 0 aliphatic heterocycles. The molecular weight excluding hydrogens is 1130 g/mol. The Hall–Kier alpha value is -8.84. The van der Waals surface area contributed by atoms with Gasteiger partial charge in [0.15, 0.2) is 46.3 Å². The number of fused-ring (bicyclic) bond motifs is 2. The average Bonchev–Trinajstić information content (AvgIpc) is 1.70. The van der Waals surface area contributed by atoms with E-state index in [2.05, 4.69) is 75.1 Å². The highest BCUT2D eigenvalue weighted by atomic mass is 19.1. The summed E-state index contributed by atoms with van der Waals surface area (Å²) in [5.41, 5.74) is 2.86. The van der Waals surface area contributed by atoms with Gasteiger partial charge in [0.2, 0.25) is 0 Å². The van der Waals surface area contributed by atoms with Gasteiger partial charge in [0.25, 0.3) is 0 Å². The number of carbonyl (C=O) groups excluding carboxylic acids is 2. The van der Waals surface area contributed by atoms with Crippen molar-refractivity contribution in [3.63, 3.8) is 0 Å². The van der Waals surface area contributed by atoms with Crippen LogP contribution in [0.25, 0.3) is 0 Å². The molecular formula is C77H78F4O8.